The van der Waals surface area contributed by atoms with Gasteiger partial charge in [-0.2, -0.15) is 0 Å². The summed E-state index contributed by atoms with van der Waals surface area (Å²) >= 11 is 0. The lowest BCUT2D eigenvalue weighted by Crippen LogP contribution is -2.54. The van der Waals surface area contributed by atoms with E-state index in [1.807, 2.05) is 4.90 Å². The maximum atomic E-state index is 14.4. The first-order valence-corrected chi connectivity index (χ1v) is 22.6. The molecule has 3 aromatic rings. The molecule has 11 rings (SSSR count). The van der Waals surface area contributed by atoms with E-state index in [0.29, 0.717) is 92.0 Å². The van der Waals surface area contributed by atoms with Crippen molar-refractivity contribution in [2.45, 2.75) is 83.3 Å². The molecule has 0 bridgehead atoms. The topological polar surface area (TPSA) is 193 Å². The van der Waals surface area contributed by atoms with Gasteiger partial charge in [-0.05, 0) is 134 Å². The number of hydrogen-bond acceptors (Lipinski definition) is 12. The van der Waals surface area contributed by atoms with Crippen LogP contribution in [0.2, 0.25) is 0 Å². The van der Waals surface area contributed by atoms with Crippen LogP contribution in [0.1, 0.15) is 109 Å². The average molecular weight is 860 g/mol. The first-order chi connectivity index (χ1) is 30.3. The molecule has 14 nitrogen and oxygen atoms in total. The quantitative estimate of drug-likeness (QED) is 0.123. The predicted molar refractivity (Wildman–Crippen MR) is 228 cm³/mol. The summed E-state index contributed by atoms with van der Waals surface area (Å²) in [6.07, 6.45) is 9.49. The Hall–Kier alpha value is -5.76. The molecule has 4 heterocycles. The Bertz CT molecular complexity index is 2460. The first-order valence-electron chi connectivity index (χ1n) is 22.6. The summed E-state index contributed by atoms with van der Waals surface area (Å²) in [6.45, 7) is 7.42. The van der Waals surface area contributed by atoms with Crippen LogP contribution in [0.4, 0.5) is 16.2 Å². The maximum absolute atomic E-state index is 14.4. The number of anilines is 2. The Morgan fingerprint density at radius 2 is 1.56 bits per heavy atom. The third-order valence-electron chi connectivity index (χ3n) is 17.0. The molecule has 3 aromatic carbocycles. The Kier molecular flexibility index (Phi) is 9.14. The molecular weight excluding hydrogens is 807 g/mol. The second-order valence-electron chi connectivity index (χ2n) is 19.7. The molecule has 3 unspecified atom stereocenters. The van der Waals surface area contributed by atoms with Gasteiger partial charge in [-0.15, -0.1) is 0 Å². The number of ether oxygens (including phenoxy) is 4. The molecule has 63 heavy (non-hydrogen) atoms. The molecule has 5 N–H and O–H groups in total. The molecule has 0 aromatic heterocycles. The molecule has 0 radical (unpaired) electrons. The van der Waals surface area contributed by atoms with Gasteiger partial charge in [0.2, 0.25) is 0 Å². The molecule has 330 valence electrons. The fraction of sp³-hybridized carbons (Fsp3) is 0.510. The molecular formula is C49H53N3O11. The number of aromatic hydroxyl groups is 2. The second-order valence-corrected chi connectivity index (χ2v) is 19.7. The monoisotopic (exact) mass is 859 g/mol. The number of rotatable bonds is 5. The summed E-state index contributed by atoms with van der Waals surface area (Å²) in [5.41, 5.74) is 0.492. The highest BCUT2D eigenvalue weighted by atomic mass is 16.6. The van der Waals surface area contributed by atoms with Crippen LogP contribution in [-0.2, 0) is 24.6 Å². The number of esters is 2. The van der Waals surface area contributed by atoms with Crippen molar-refractivity contribution in [2.75, 3.05) is 43.0 Å². The first kappa shape index (κ1) is 40.0. The molecule has 8 aliphatic rings. The van der Waals surface area contributed by atoms with Crippen LogP contribution < -0.4 is 20.3 Å². The van der Waals surface area contributed by atoms with E-state index >= 15 is 0 Å². The van der Waals surface area contributed by atoms with Gasteiger partial charge in [-0.1, -0.05) is 13.8 Å². The van der Waals surface area contributed by atoms with Gasteiger partial charge >= 0.3 is 24.0 Å². The molecule has 14 heteroatoms. The van der Waals surface area contributed by atoms with Gasteiger partial charge in [0, 0.05) is 61.1 Å². The van der Waals surface area contributed by atoms with Crippen molar-refractivity contribution >= 4 is 35.4 Å². The predicted octanol–water partition coefficient (Wildman–Crippen LogP) is 7.83. The van der Waals surface area contributed by atoms with E-state index in [1.165, 1.54) is 36.3 Å². The van der Waals surface area contributed by atoms with Crippen molar-refractivity contribution < 1.29 is 53.4 Å². The minimum Gasteiger partial charge on any atom is -0.508 e. The lowest BCUT2D eigenvalue weighted by molar-refractivity contribution is -0.135. The van der Waals surface area contributed by atoms with Crippen LogP contribution in [-0.4, -0.2) is 78.2 Å². The Morgan fingerprint density at radius 3 is 2.24 bits per heavy atom. The Labute approximate surface area is 364 Å². The highest BCUT2D eigenvalue weighted by Crippen LogP contribution is 2.68. The summed E-state index contributed by atoms with van der Waals surface area (Å²) in [7, 11) is 0. The maximum Gasteiger partial charge on any atom is 0.411 e. The number of nitrogens with zero attached hydrogens (tertiary/aromatic N) is 1. The standard InChI is InChI=1S/C49H53N3O11/c1-47-13-11-29(20-26(47)3-6-30-32-10-9-31(25-19-40(55)60-24-25)48(32,2)14-12-33(30)47)61-46(59)51-43-41-36(23-37(42(43)44(56)57)52-17-15-50-16-18-52)49(63-45(41)58)34-7-4-27(53)21-38(34)62-39-22-28(54)5-8-35(39)49/h4-5,7-8,19,21-23,26,29-33,50,53-54H,3,6,9-18,20,24H2,1-2H3,(H,51,59)(H,56,57)/t26-,29+,30?,31-,32?,33?,47+,48-/m1/s1. The number of cyclic esters (lactones) is 1. The van der Waals surface area contributed by atoms with Crippen LogP contribution in [0.25, 0.3) is 0 Å². The van der Waals surface area contributed by atoms with Gasteiger partial charge in [-0.3, -0.25) is 5.32 Å². The molecule has 4 saturated carbocycles. The highest BCUT2D eigenvalue weighted by molar-refractivity contribution is 6.13. The number of aromatic carboxylic acids is 1. The van der Waals surface area contributed by atoms with Crippen LogP contribution in [0, 0.1) is 40.4 Å². The highest BCUT2D eigenvalue weighted by Gasteiger charge is 2.61. The number of piperazine rings is 1. The molecule has 8 atom stereocenters. The van der Waals surface area contributed by atoms with Gasteiger partial charge in [0.15, 0.2) is 5.60 Å². The van der Waals surface area contributed by atoms with Crippen molar-refractivity contribution in [3.63, 3.8) is 0 Å². The smallest absolute Gasteiger partial charge is 0.411 e. The molecule has 1 amide bonds. The van der Waals surface area contributed by atoms with E-state index in [4.69, 9.17) is 18.9 Å². The number of carbonyl (C=O) groups excluding carboxylic acids is 3. The fourth-order valence-corrected chi connectivity index (χ4v) is 14.1. The van der Waals surface area contributed by atoms with E-state index < -0.39 is 29.7 Å². The lowest BCUT2D eigenvalue weighted by atomic mass is 9.44. The van der Waals surface area contributed by atoms with Crippen molar-refractivity contribution in [1.29, 1.82) is 0 Å². The number of carboxylic acid groups (broad SMARTS) is 1. The number of carboxylic acids is 1. The van der Waals surface area contributed by atoms with Gasteiger partial charge in [-0.25, -0.2) is 19.2 Å². The molecule has 4 aliphatic heterocycles. The van der Waals surface area contributed by atoms with Crippen molar-refractivity contribution in [3.8, 4) is 23.0 Å². The number of carbonyl (C=O) groups is 4. The summed E-state index contributed by atoms with van der Waals surface area (Å²) < 4.78 is 24.2. The van der Waals surface area contributed by atoms with E-state index in [9.17, 15) is 34.5 Å². The minimum atomic E-state index is -1.69. The number of nitrogens with one attached hydrogen (secondary N) is 2. The normalized spacial score (nSPS) is 32.1. The van der Waals surface area contributed by atoms with E-state index in [2.05, 4.69) is 24.5 Å². The number of benzene rings is 3. The Morgan fingerprint density at radius 1 is 0.857 bits per heavy atom. The number of hydrogen-bond donors (Lipinski definition) is 5. The van der Waals surface area contributed by atoms with Gasteiger partial charge in [0.1, 0.15) is 41.3 Å². The van der Waals surface area contributed by atoms with Crippen molar-refractivity contribution in [1.82, 2.24) is 5.32 Å². The average Bonchev–Trinajstić information content (AvgIpc) is 3.93. The largest absolute Gasteiger partial charge is 0.508 e. The zero-order valence-electron chi connectivity index (χ0n) is 35.5. The van der Waals surface area contributed by atoms with Gasteiger partial charge in [0.05, 0.1) is 16.9 Å². The van der Waals surface area contributed by atoms with Crippen molar-refractivity contribution in [2.24, 2.45) is 40.4 Å². The summed E-state index contributed by atoms with van der Waals surface area (Å²) in [6, 6.07) is 10.5. The minimum absolute atomic E-state index is 0.0985. The molecule has 4 aliphatic carbocycles. The lowest BCUT2D eigenvalue weighted by Gasteiger charge is -2.61. The van der Waals surface area contributed by atoms with Crippen LogP contribution in [0.3, 0.4) is 0 Å². The van der Waals surface area contributed by atoms with Crippen LogP contribution in [0.15, 0.2) is 54.1 Å². The SMILES string of the molecule is C[C@]12CCC3C(CC[C@@H]4C[C@@H](OC(=O)Nc5c(C(=O)O)c(N6CCNCC6)cc6c5C(=O)OC65c6ccc(O)cc6Oc6cc(O)ccc65)CC[C@]34C)C1CC[C@@H]2C1=CC(=O)OC1. The molecule has 5 fully saturated rings. The molecule has 1 saturated heterocycles. The van der Waals surface area contributed by atoms with Gasteiger partial charge < -0.3 is 44.5 Å². The molecule has 1 spiro atoms. The Balaban J connectivity index is 0.901. The third-order valence-corrected chi connectivity index (χ3v) is 17.0. The number of fused-ring (bicyclic) bond motifs is 11. The summed E-state index contributed by atoms with van der Waals surface area (Å²) in [5.74, 6) is 0.279. The number of amides is 1. The van der Waals surface area contributed by atoms with E-state index in [-0.39, 0.29) is 62.2 Å². The third kappa shape index (κ3) is 5.99. The zero-order valence-corrected chi connectivity index (χ0v) is 35.5. The number of phenols is 2. The summed E-state index contributed by atoms with van der Waals surface area (Å²) in [5, 5.41) is 38.0. The van der Waals surface area contributed by atoms with E-state index in [1.54, 1.807) is 24.3 Å². The summed E-state index contributed by atoms with van der Waals surface area (Å²) in [4.78, 5) is 56.1. The second kappa shape index (κ2) is 14.4. The fourth-order valence-electron chi connectivity index (χ4n) is 14.1. The van der Waals surface area contributed by atoms with Crippen LogP contribution in [0.5, 0.6) is 23.0 Å². The zero-order chi connectivity index (χ0) is 43.6. The van der Waals surface area contributed by atoms with Crippen LogP contribution >= 0.6 is 0 Å². The van der Waals surface area contributed by atoms with Gasteiger partial charge in [0.25, 0.3) is 0 Å². The van der Waals surface area contributed by atoms with E-state index in [0.717, 1.165) is 38.5 Å². The van der Waals surface area contributed by atoms with Crippen molar-refractivity contribution in [3.05, 3.63) is 81.9 Å². The number of phenolic OH excluding ortho intramolecular Hbond substituents is 2.